The van der Waals surface area contributed by atoms with Crippen molar-refractivity contribution in [2.24, 2.45) is 9.98 Å². The maximum Gasteiger partial charge on any atom is 0.0729 e. The average Bonchev–Trinajstić information content (AvgIpc) is 2.72. The minimum Gasteiger partial charge on any atom is -0.264 e. The summed E-state index contributed by atoms with van der Waals surface area (Å²) in [4.78, 5) is 17.6. The normalized spacial score (nSPS) is 11.5. The van der Waals surface area contributed by atoms with E-state index in [1.54, 1.807) is 24.8 Å². The van der Waals surface area contributed by atoms with Crippen LogP contribution in [0, 0.1) is 0 Å². The number of hydrogen-bond donors (Lipinski definition) is 0. The molecule has 124 valence electrons. The Bertz CT molecular complexity index is 987. The molecule has 0 atom stereocenters. The van der Waals surface area contributed by atoms with E-state index in [4.69, 9.17) is 0 Å². The van der Waals surface area contributed by atoms with Gasteiger partial charge >= 0.3 is 0 Å². The summed E-state index contributed by atoms with van der Waals surface area (Å²) in [6.45, 7) is 0. The van der Waals surface area contributed by atoms with Crippen molar-refractivity contribution in [1.29, 1.82) is 0 Å². The van der Waals surface area contributed by atoms with Crippen molar-refractivity contribution in [1.82, 2.24) is 9.97 Å². The van der Waals surface area contributed by atoms with Gasteiger partial charge in [-0.25, -0.2) is 0 Å². The molecule has 0 unspecified atom stereocenters. The molecule has 0 fully saturated rings. The highest BCUT2D eigenvalue weighted by atomic mass is 14.8. The van der Waals surface area contributed by atoms with Gasteiger partial charge in [0.1, 0.15) is 0 Å². The number of aliphatic imine (C=N–C) groups is 2. The Morgan fingerprint density at radius 2 is 1.15 bits per heavy atom. The molecule has 4 heteroatoms. The van der Waals surface area contributed by atoms with Gasteiger partial charge in [-0.3, -0.25) is 20.0 Å². The molecule has 2 heterocycles. The summed E-state index contributed by atoms with van der Waals surface area (Å²) in [5.74, 6) is 0. The van der Waals surface area contributed by atoms with Crippen molar-refractivity contribution in [3.8, 4) is 0 Å². The van der Waals surface area contributed by atoms with E-state index >= 15 is 0 Å². The first-order valence-corrected chi connectivity index (χ1v) is 8.30. The van der Waals surface area contributed by atoms with E-state index < -0.39 is 0 Å². The smallest absolute Gasteiger partial charge is 0.0729 e. The second-order valence-corrected chi connectivity index (χ2v) is 5.74. The van der Waals surface area contributed by atoms with E-state index in [9.17, 15) is 0 Å². The lowest BCUT2D eigenvalue weighted by Crippen LogP contribution is -1.83. The second-order valence-electron chi connectivity index (χ2n) is 5.74. The summed E-state index contributed by atoms with van der Waals surface area (Å²) in [5, 5.41) is 2.13. The van der Waals surface area contributed by atoms with Gasteiger partial charge in [-0.1, -0.05) is 36.4 Å². The molecular formula is C22H16N4. The fraction of sp³-hybridized carbons (Fsp3) is 0. The molecule has 0 aliphatic rings. The molecule has 0 N–H and O–H groups in total. The Balaban J connectivity index is 1.77. The largest absolute Gasteiger partial charge is 0.264 e. The highest BCUT2D eigenvalue weighted by Crippen LogP contribution is 2.34. The number of nitrogens with zero attached hydrogens (tertiary/aromatic N) is 4. The standard InChI is InChI=1S/C22H16N4/c1-7-19-8-2-10-21(26-16-18-6-4-12-24-14-18)22(19)20(9-1)25-15-17-5-3-11-23-13-17/h1-16H. The third-order valence-corrected chi connectivity index (χ3v) is 3.93. The van der Waals surface area contributed by atoms with Crippen LogP contribution in [0.5, 0.6) is 0 Å². The quantitative estimate of drug-likeness (QED) is 0.485. The summed E-state index contributed by atoms with van der Waals surface area (Å²) in [6.07, 6.45) is 10.7. The minimum absolute atomic E-state index is 0.880. The third kappa shape index (κ3) is 3.54. The topological polar surface area (TPSA) is 50.5 Å². The summed E-state index contributed by atoms with van der Waals surface area (Å²) in [7, 11) is 0. The first kappa shape index (κ1) is 15.8. The first-order valence-electron chi connectivity index (χ1n) is 8.30. The zero-order chi connectivity index (χ0) is 17.6. The Kier molecular flexibility index (Phi) is 4.56. The Hall–Kier alpha value is -3.66. The van der Waals surface area contributed by atoms with Crippen LogP contribution in [0.2, 0.25) is 0 Å². The van der Waals surface area contributed by atoms with Gasteiger partial charge in [-0.15, -0.1) is 0 Å². The SMILES string of the molecule is C(=Nc1cccc2cccc(N=Cc3cccnc3)c12)c1cccnc1. The fourth-order valence-electron chi connectivity index (χ4n) is 2.71. The molecule has 0 bridgehead atoms. The number of rotatable bonds is 4. The van der Waals surface area contributed by atoms with Crippen LogP contribution in [0.25, 0.3) is 10.8 Å². The van der Waals surface area contributed by atoms with E-state index in [2.05, 4.69) is 32.1 Å². The van der Waals surface area contributed by atoms with Gasteiger partial charge < -0.3 is 0 Å². The maximum absolute atomic E-state index is 4.67. The lowest BCUT2D eigenvalue weighted by molar-refractivity contribution is 1.32. The van der Waals surface area contributed by atoms with Gasteiger partial charge in [-0.05, 0) is 29.7 Å². The molecule has 0 saturated carbocycles. The molecule has 2 aromatic heterocycles. The van der Waals surface area contributed by atoms with Crippen LogP contribution >= 0.6 is 0 Å². The van der Waals surface area contributed by atoms with Gasteiger partial charge in [0.2, 0.25) is 0 Å². The summed E-state index contributed by atoms with van der Waals surface area (Å²) in [6, 6.07) is 19.9. The van der Waals surface area contributed by atoms with E-state index in [0.717, 1.165) is 33.3 Å². The van der Waals surface area contributed by atoms with Gasteiger partial charge in [-0.2, -0.15) is 0 Å². The first-order chi connectivity index (χ1) is 12.9. The zero-order valence-electron chi connectivity index (χ0n) is 14.0. The minimum atomic E-state index is 0.880. The molecule has 0 saturated heterocycles. The molecule has 4 rings (SSSR count). The third-order valence-electron chi connectivity index (χ3n) is 3.93. The van der Waals surface area contributed by atoms with Crippen molar-refractivity contribution >= 4 is 34.6 Å². The highest BCUT2D eigenvalue weighted by molar-refractivity contribution is 6.03. The number of pyridine rings is 2. The van der Waals surface area contributed by atoms with Gasteiger partial charge in [0.15, 0.2) is 0 Å². The lowest BCUT2D eigenvalue weighted by Gasteiger charge is -2.05. The van der Waals surface area contributed by atoms with E-state index in [-0.39, 0.29) is 0 Å². The molecule has 4 nitrogen and oxygen atoms in total. The van der Waals surface area contributed by atoms with Crippen LogP contribution in [-0.4, -0.2) is 22.4 Å². The Morgan fingerprint density at radius 3 is 1.62 bits per heavy atom. The molecular weight excluding hydrogens is 320 g/mol. The molecule has 0 spiro atoms. The van der Waals surface area contributed by atoms with Crippen molar-refractivity contribution in [3.05, 3.63) is 96.6 Å². The summed E-state index contributed by atoms with van der Waals surface area (Å²) >= 11 is 0. The zero-order valence-corrected chi connectivity index (χ0v) is 14.0. The second kappa shape index (κ2) is 7.49. The molecule has 0 aliphatic carbocycles. The number of fused-ring (bicyclic) bond motifs is 1. The van der Waals surface area contributed by atoms with Crippen LogP contribution in [0.15, 0.2) is 95.4 Å². The van der Waals surface area contributed by atoms with Gasteiger partial charge in [0.05, 0.1) is 11.4 Å². The van der Waals surface area contributed by atoms with Crippen LogP contribution in [0.1, 0.15) is 11.1 Å². The Labute approximate surface area is 151 Å². The van der Waals surface area contributed by atoms with Crippen molar-refractivity contribution < 1.29 is 0 Å². The molecule has 4 aromatic rings. The van der Waals surface area contributed by atoms with Gasteiger partial charge in [0.25, 0.3) is 0 Å². The summed E-state index contributed by atoms with van der Waals surface area (Å²) < 4.78 is 0. The number of benzene rings is 2. The molecule has 0 aliphatic heterocycles. The lowest BCUT2D eigenvalue weighted by atomic mass is 10.1. The highest BCUT2D eigenvalue weighted by Gasteiger charge is 2.04. The number of hydrogen-bond acceptors (Lipinski definition) is 4. The molecule has 2 aromatic carbocycles. The van der Waals surface area contributed by atoms with Crippen LogP contribution < -0.4 is 0 Å². The monoisotopic (exact) mass is 336 g/mol. The maximum atomic E-state index is 4.67. The fourth-order valence-corrected chi connectivity index (χ4v) is 2.71. The van der Waals surface area contributed by atoms with Crippen LogP contribution in [0.3, 0.4) is 0 Å². The van der Waals surface area contributed by atoms with Crippen molar-refractivity contribution in [2.75, 3.05) is 0 Å². The molecule has 0 amide bonds. The summed E-state index contributed by atoms with van der Waals surface area (Å²) in [5.41, 5.74) is 3.68. The van der Waals surface area contributed by atoms with Crippen LogP contribution in [0.4, 0.5) is 11.4 Å². The predicted octanol–water partition coefficient (Wildman–Crippen LogP) is 5.13. The van der Waals surface area contributed by atoms with E-state index in [1.165, 1.54) is 0 Å². The van der Waals surface area contributed by atoms with Gasteiger partial charge in [0, 0.05) is 53.7 Å². The molecule has 26 heavy (non-hydrogen) atoms. The molecule has 0 radical (unpaired) electrons. The predicted molar refractivity (Wildman–Crippen MR) is 107 cm³/mol. The van der Waals surface area contributed by atoms with E-state index in [1.807, 2.05) is 61.0 Å². The van der Waals surface area contributed by atoms with Crippen molar-refractivity contribution in [3.63, 3.8) is 0 Å². The Morgan fingerprint density at radius 1 is 0.615 bits per heavy atom. The average molecular weight is 336 g/mol. The van der Waals surface area contributed by atoms with E-state index in [0.29, 0.717) is 0 Å². The number of aromatic nitrogens is 2. The van der Waals surface area contributed by atoms with Crippen LogP contribution in [-0.2, 0) is 0 Å². The van der Waals surface area contributed by atoms with Crippen molar-refractivity contribution in [2.45, 2.75) is 0 Å².